The van der Waals surface area contributed by atoms with E-state index in [9.17, 15) is 14.3 Å². The number of carbonyl (C=O) groups is 1. The fraction of sp³-hybridized carbons (Fsp3) is 0.632. The molecule has 4 bridgehead atoms. The molecule has 2 atom stereocenters. The highest BCUT2D eigenvalue weighted by Gasteiger charge is 2.60. The van der Waals surface area contributed by atoms with Crippen LogP contribution in [0.5, 0.6) is 5.75 Å². The predicted molar refractivity (Wildman–Crippen MR) is 84.8 cm³/mol. The average Bonchev–Trinajstić information content (AvgIpc) is 2.50. The first-order valence-corrected chi connectivity index (χ1v) is 8.63. The van der Waals surface area contributed by atoms with Gasteiger partial charge in [0.2, 0.25) is 0 Å². The maximum atomic E-state index is 13.7. The van der Waals surface area contributed by atoms with Crippen LogP contribution in [-0.2, 0) is 16.1 Å². The van der Waals surface area contributed by atoms with Crippen molar-refractivity contribution in [1.82, 2.24) is 0 Å². The highest BCUT2D eigenvalue weighted by atomic mass is 19.1. The van der Waals surface area contributed by atoms with Gasteiger partial charge in [-0.2, -0.15) is 0 Å². The molecule has 0 radical (unpaired) electrons. The van der Waals surface area contributed by atoms with Crippen molar-refractivity contribution in [2.75, 3.05) is 7.11 Å². The van der Waals surface area contributed by atoms with Gasteiger partial charge in [-0.25, -0.2) is 4.39 Å². The molecule has 0 amide bonds. The lowest BCUT2D eigenvalue weighted by atomic mass is 9.48. The molecular formula is C19H23FO4. The van der Waals surface area contributed by atoms with Gasteiger partial charge in [-0.05, 0) is 68.1 Å². The van der Waals surface area contributed by atoms with Crippen LogP contribution in [0.2, 0.25) is 0 Å². The third kappa shape index (κ3) is 2.59. The van der Waals surface area contributed by atoms with Gasteiger partial charge in [0.05, 0.1) is 18.1 Å². The number of rotatable bonds is 4. The number of hydrogen-bond acceptors (Lipinski definition) is 4. The molecule has 0 heterocycles. The molecule has 1 aromatic rings. The van der Waals surface area contributed by atoms with Gasteiger partial charge in [-0.15, -0.1) is 0 Å². The third-order valence-corrected chi connectivity index (χ3v) is 6.05. The molecule has 4 aliphatic rings. The summed E-state index contributed by atoms with van der Waals surface area (Å²) >= 11 is 0. The standard InChI is InChI=1S/C19H23FO4/c1-23-16-3-2-12(5-15(16)20)10-24-17(21)18-6-13-4-14(7-18)9-19(22,8-13)11-18/h2-3,5,13-14,22H,4,6-11H2,1H3. The van der Waals surface area contributed by atoms with Crippen molar-refractivity contribution in [3.8, 4) is 5.75 Å². The van der Waals surface area contributed by atoms with Crippen molar-refractivity contribution in [2.45, 2.75) is 50.7 Å². The van der Waals surface area contributed by atoms with E-state index < -0.39 is 16.8 Å². The summed E-state index contributed by atoms with van der Waals surface area (Å²) in [6.45, 7) is 0.0509. The zero-order chi connectivity index (χ0) is 16.9. The third-order valence-electron chi connectivity index (χ3n) is 6.05. The SMILES string of the molecule is COc1ccc(COC(=O)C23CC4CC(CC(O)(C4)C2)C3)cc1F. The molecule has 5 rings (SSSR count). The first-order chi connectivity index (χ1) is 11.4. The fourth-order valence-corrected chi connectivity index (χ4v) is 5.55. The second-order valence-corrected chi connectivity index (χ2v) is 8.01. The highest BCUT2D eigenvalue weighted by Crippen LogP contribution is 2.62. The molecule has 1 aromatic carbocycles. The van der Waals surface area contributed by atoms with Crippen LogP contribution >= 0.6 is 0 Å². The van der Waals surface area contributed by atoms with E-state index in [0.29, 0.717) is 23.8 Å². The maximum absolute atomic E-state index is 13.7. The Balaban J connectivity index is 1.46. The van der Waals surface area contributed by atoms with Crippen molar-refractivity contribution in [3.63, 3.8) is 0 Å². The fourth-order valence-electron chi connectivity index (χ4n) is 5.55. The van der Waals surface area contributed by atoms with E-state index in [2.05, 4.69) is 0 Å². The summed E-state index contributed by atoms with van der Waals surface area (Å²) in [6.07, 6.45) is 4.93. The molecule has 1 N–H and O–H groups in total. The average molecular weight is 334 g/mol. The monoisotopic (exact) mass is 334 g/mol. The summed E-state index contributed by atoms with van der Waals surface area (Å²) in [4.78, 5) is 12.8. The van der Waals surface area contributed by atoms with Crippen molar-refractivity contribution in [3.05, 3.63) is 29.6 Å². The first kappa shape index (κ1) is 15.9. The number of carbonyl (C=O) groups excluding carboxylic acids is 1. The minimum atomic E-state index is -0.685. The summed E-state index contributed by atoms with van der Waals surface area (Å²) in [6, 6.07) is 4.56. The number of ether oxygens (including phenoxy) is 2. The van der Waals surface area contributed by atoms with Crippen LogP contribution in [-0.4, -0.2) is 23.8 Å². The van der Waals surface area contributed by atoms with Gasteiger partial charge < -0.3 is 14.6 Å². The Morgan fingerprint density at radius 2 is 2.00 bits per heavy atom. The van der Waals surface area contributed by atoms with Crippen molar-refractivity contribution >= 4 is 5.97 Å². The molecule has 0 aromatic heterocycles. The summed E-state index contributed by atoms with van der Waals surface area (Å²) in [5.74, 6) is 0.347. The Bertz CT molecular complexity index is 657. The molecular weight excluding hydrogens is 311 g/mol. The summed E-state index contributed by atoms with van der Waals surface area (Å²) in [7, 11) is 1.41. The van der Waals surface area contributed by atoms with Crippen molar-refractivity contribution in [1.29, 1.82) is 0 Å². The van der Waals surface area contributed by atoms with Gasteiger partial charge >= 0.3 is 5.97 Å². The zero-order valence-corrected chi connectivity index (χ0v) is 13.9. The predicted octanol–water partition coefficient (Wildman–Crippen LogP) is 3.21. The molecule has 4 saturated carbocycles. The molecule has 0 saturated heterocycles. The van der Waals surface area contributed by atoms with E-state index >= 15 is 0 Å². The summed E-state index contributed by atoms with van der Waals surface area (Å²) < 4.78 is 24.2. The van der Waals surface area contributed by atoms with Crippen LogP contribution in [0.25, 0.3) is 0 Å². The second-order valence-electron chi connectivity index (χ2n) is 8.01. The number of benzene rings is 1. The van der Waals surface area contributed by atoms with Gasteiger partial charge in [0.25, 0.3) is 0 Å². The molecule has 0 aliphatic heterocycles. The Morgan fingerprint density at radius 1 is 1.29 bits per heavy atom. The smallest absolute Gasteiger partial charge is 0.312 e. The molecule has 24 heavy (non-hydrogen) atoms. The van der Waals surface area contributed by atoms with E-state index in [1.165, 1.54) is 19.2 Å². The normalized spacial score (nSPS) is 36.6. The number of methoxy groups -OCH3 is 1. The second kappa shape index (κ2) is 5.45. The minimum Gasteiger partial charge on any atom is -0.494 e. The van der Waals surface area contributed by atoms with Crippen LogP contribution in [0.15, 0.2) is 18.2 Å². The van der Waals surface area contributed by atoms with Gasteiger partial charge in [-0.1, -0.05) is 6.07 Å². The van der Waals surface area contributed by atoms with Crippen LogP contribution in [0.1, 0.15) is 44.1 Å². The first-order valence-electron chi connectivity index (χ1n) is 8.63. The molecule has 2 unspecified atom stereocenters. The number of halogens is 1. The molecule has 0 spiro atoms. The Labute approximate surface area is 141 Å². The van der Waals surface area contributed by atoms with Crippen LogP contribution in [0.3, 0.4) is 0 Å². The highest BCUT2D eigenvalue weighted by molar-refractivity contribution is 5.77. The lowest BCUT2D eigenvalue weighted by molar-refractivity contribution is -0.197. The van der Waals surface area contributed by atoms with E-state index in [1.54, 1.807) is 6.07 Å². The molecule has 4 nitrogen and oxygen atoms in total. The van der Waals surface area contributed by atoms with Gasteiger partial charge in [0, 0.05) is 0 Å². The van der Waals surface area contributed by atoms with E-state index in [0.717, 1.165) is 32.1 Å². The topological polar surface area (TPSA) is 55.8 Å². The number of aliphatic hydroxyl groups is 1. The van der Waals surface area contributed by atoms with E-state index in [-0.39, 0.29) is 18.3 Å². The maximum Gasteiger partial charge on any atom is 0.312 e. The number of hydrogen-bond donors (Lipinski definition) is 1. The van der Waals surface area contributed by atoms with E-state index in [1.807, 2.05) is 0 Å². The summed E-state index contributed by atoms with van der Waals surface area (Å²) in [5, 5.41) is 10.7. The van der Waals surface area contributed by atoms with Crippen LogP contribution < -0.4 is 4.74 Å². The zero-order valence-electron chi connectivity index (χ0n) is 13.9. The largest absolute Gasteiger partial charge is 0.494 e. The van der Waals surface area contributed by atoms with Crippen LogP contribution in [0, 0.1) is 23.1 Å². The lowest BCUT2D eigenvalue weighted by Gasteiger charge is -2.58. The van der Waals surface area contributed by atoms with Crippen LogP contribution in [0.4, 0.5) is 4.39 Å². The Kier molecular flexibility index (Phi) is 3.60. The molecule has 5 heteroatoms. The Hall–Kier alpha value is -1.62. The summed E-state index contributed by atoms with van der Waals surface area (Å²) in [5.41, 5.74) is -0.621. The molecule has 4 fully saturated rings. The molecule has 4 aliphatic carbocycles. The lowest BCUT2D eigenvalue weighted by Crippen LogP contribution is -2.58. The Morgan fingerprint density at radius 3 is 2.58 bits per heavy atom. The number of esters is 1. The van der Waals surface area contributed by atoms with Gasteiger partial charge in [0.1, 0.15) is 6.61 Å². The van der Waals surface area contributed by atoms with Crippen molar-refractivity contribution in [2.24, 2.45) is 17.3 Å². The van der Waals surface area contributed by atoms with Gasteiger partial charge in [-0.3, -0.25) is 4.79 Å². The minimum absolute atomic E-state index is 0.0509. The van der Waals surface area contributed by atoms with E-state index in [4.69, 9.17) is 9.47 Å². The van der Waals surface area contributed by atoms with Crippen molar-refractivity contribution < 1.29 is 23.8 Å². The quantitative estimate of drug-likeness (QED) is 0.859. The van der Waals surface area contributed by atoms with Gasteiger partial charge in [0.15, 0.2) is 11.6 Å². The molecule has 130 valence electrons.